The summed E-state index contributed by atoms with van der Waals surface area (Å²) in [5.74, 6) is 2.31. The zero-order valence-corrected chi connectivity index (χ0v) is 10.1. The summed E-state index contributed by atoms with van der Waals surface area (Å²) in [7, 11) is 1.90. The van der Waals surface area contributed by atoms with Crippen LogP contribution in [0.3, 0.4) is 0 Å². The topological polar surface area (TPSA) is 59.4 Å². The second kappa shape index (κ2) is 4.31. The van der Waals surface area contributed by atoms with Gasteiger partial charge in [0.15, 0.2) is 0 Å². The smallest absolute Gasteiger partial charge is 0.201 e. The number of nitrogens with zero attached hydrogens (tertiary/aromatic N) is 4. The first-order valence-corrected chi connectivity index (χ1v) is 6.25. The van der Waals surface area contributed by atoms with Crippen LogP contribution in [0, 0.1) is 0 Å². The Morgan fingerprint density at radius 3 is 2.82 bits per heavy atom. The molecule has 1 saturated carbocycles. The molecule has 2 heterocycles. The first kappa shape index (κ1) is 10.5. The molecule has 5 heteroatoms. The van der Waals surface area contributed by atoms with Crippen LogP contribution < -0.4 is 0 Å². The maximum Gasteiger partial charge on any atom is 0.201 e. The van der Waals surface area contributed by atoms with E-state index in [1.54, 1.807) is 4.68 Å². The van der Waals surface area contributed by atoms with Crippen molar-refractivity contribution >= 4 is 0 Å². The summed E-state index contributed by atoms with van der Waals surface area (Å²) in [6.07, 6.45) is 8.35. The van der Waals surface area contributed by atoms with Crippen molar-refractivity contribution in [1.29, 1.82) is 0 Å². The second-order valence-corrected chi connectivity index (χ2v) is 4.75. The van der Waals surface area contributed by atoms with Gasteiger partial charge in [0.25, 0.3) is 0 Å². The van der Waals surface area contributed by atoms with Crippen molar-refractivity contribution in [1.82, 2.24) is 25.0 Å². The van der Waals surface area contributed by atoms with E-state index in [1.807, 2.05) is 19.3 Å². The highest BCUT2D eigenvalue weighted by Gasteiger charge is 2.19. The minimum Gasteiger partial charge on any atom is -0.275 e. The number of aryl methyl sites for hydroxylation is 1. The lowest BCUT2D eigenvalue weighted by atomic mass is 9.89. The van der Waals surface area contributed by atoms with Gasteiger partial charge in [-0.2, -0.15) is 10.2 Å². The van der Waals surface area contributed by atoms with Crippen LogP contribution in [-0.4, -0.2) is 25.0 Å². The van der Waals surface area contributed by atoms with Gasteiger partial charge < -0.3 is 0 Å². The number of hydrogen-bond donors (Lipinski definition) is 1. The molecule has 5 nitrogen and oxygen atoms in total. The molecule has 0 aromatic carbocycles. The quantitative estimate of drug-likeness (QED) is 0.862. The van der Waals surface area contributed by atoms with E-state index >= 15 is 0 Å². The zero-order valence-electron chi connectivity index (χ0n) is 10.1. The molecule has 2 aromatic rings. The summed E-state index contributed by atoms with van der Waals surface area (Å²) >= 11 is 0. The van der Waals surface area contributed by atoms with Crippen LogP contribution in [0.25, 0.3) is 11.5 Å². The van der Waals surface area contributed by atoms with Crippen LogP contribution in [0.1, 0.15) is 43.8 Å². The first-order chi connectivity index (χ1) is 8.33. The summed E-state index contributed by atoms with van der Waals surface area (Å²) < 4.78 is 1.77. The fourth-order valence-electron chi connectivity index (χ4n) is 2.48. The Bertz CT molecular complexity index is 492. The van der Waals surface area contributed by atoms with E-state index < -0.39 is 0 Å². The van der Waals surface area contributed by atoms with E-state index in [1.165, 1.54) is 32.1 Å². The predicted octanol–water partition coefficient (Wildman–Crippen LogP) is 2.25. The molecule has 3 rings (SSSR count). The van der Waals surface area contributed by atoms with E-state index in [4.69, 9.17) is 0 Å². The number of aromatic nitrogens is 5. The van der Waals surface area contributed by atoms with Crippen molar-refractivity contribution in [2.75, 3.05) is 0 Å². The molecular formula is C12H17N5. The molecule has 0 unspecified atom stereocenters. The fourth-order valence-corrected chi connectivity index (χ4v) is 2.48. The van der Waals surface area contributed by atoms with Gasteiger partial charge in [-0.15, -0.1) is 0 Å². The Kier molecular flexibility index (Phi) is 2.66. The molecular weight excluding hydrogens is 214 g/mol. The Labute approximate surface area is 100 Å². The highest BCUT2D eigenvalue weighted by molar-refractivity contribution is 5.47. The molecule has 0 radical (unpaired) electrons. The molecule has 0 atom stereocenters. The molecule has 0 spiro atoms. The monoisotopic (exact) mass is 231 g/mol. The number of hydrogen-bond acceptors (Lipinski definition) is 3. The predicted molar refractivity (Wildman–Crippen MR) is 64.4 cm³/mol. The first-order valence-electron chi connectivity index (χ1n) is 6.25. The maximum absolute atomic E-state index is 4.58. The molecule has 0 aliphatic heterocycles. The average molecular weight is 231 g/mol. The van der Waals surface area contributed by atoms with Gasteiger partial charge in [-0.3, -0.25) is 9.78 Å². The highest BCUT2D eigenvalue weighted by atomic mass is 15.3. The van der Waals surface area contributed by atoms with E-state index in [0.29, 0.717) is 11.7 Å². The Balaban J connectivity index is 1.82. The van der Waals surface area contributed by atoms with Crippen LogP contribution in [0.15, 0.2) is 12.3 Å². The van der Waals surface area contributed by atoms with Crippen molar-refractivity contribution in [2.45, 2.75) is 38.0 Å². The Hall–Kier alpha value is -1.65. The third kappa shape index (κ3) is 2.09. The summed E-state index contributed by atoms with van der Waals surface area (Å²) in [6.45, 7) is 0. The SMILES string of the molecule is Cn1ccc(-c2n[nH]c(C3CCCCC3)n2)n1. The van der Waals surface area contributed by atoms with E-state index in [9.17, 15) is 0 Å². The molecule has 17 heavy (non-hydrogen) atoms. The Morgan fingerprint density at radius 2 is 2.12 bits per heavy atom. The van der Waals surface area contributed by atoms with Crippen LogP contribution in [0.5, 0.6) is 0 Å². The summed E-state index contributed by atoms with van der Waals surface area (Å²) in [4.78, 5) is 4.58. The van der Waals surface area contributed by atoms with Gasteiger partial charge in [-0.05, 0) is 18.9 Å². The van der Waals surface area contributed by atoms with Crippen molar-refractivity contribution < 1.29 is 0 Å². The van der Waals surface area contributed by atoms with Crippen LogP contribution >= 0.6 is 0 Å². The highest BCUT2D eigenvalue weighted by Crippen LogP contribution is 2.31. The minimum atomic E-state index is 0.564. The number of aromatic amines is 1. The largest absolute Gasteiger partial charge is 0.275 e. The van der Waals surface area contributed by atoms with E-state index in [0.717, 1.165) is 11.5 Å². The van der Waals surface area contributed by atoms with E-state index in [2.05, 4.69) is 20.3 Å². The lowest BCUT2D eigenvalue weighted by Crippen LogP contribution is -2.06. The molecule has 90 valence electrons. The standard InChI is InChI=1S/C12H17N5/c1-17-8-7-10(16-17)12-13-11(14-15-12)9-5-3-2-4-6-9/h7-9H,2-6H2,1H3,(H,13,14,15). The van der Waals surface area contributed by atoms with Crippen molar-refractivity contribution in [3.05, 3.63) is 18.1 Å². The molecule has 1 fully saturated rings. The van der Waals surface area contributed by atoms with Crippen LogP contribution in [0.2, 0.25) is 0 Å². The van der Waals surface area contributed by atoms with Crippen molar-refractivity contribution in [3.8, 4) is 11.5 Å². The maximum atomic E-state index is 4.58. The van der Waals surface area contributed by atoms with Gasteiger partial charge in [0.05, 0.1) is 0 Å². The van der Waals surface area contributed by atoms with Gasteiger partial charge in [-0.25, -0.2) is 4.98 Å². The number of H-pyrrole nitrogens is 1. The molecule has 1 aliphatic carbocycles. The number of nitrogens with one attached hydrogen (secondary N) is 1. The lowest BCUT2D eigenvalue weighted by molar-refractivity contribution is 0.429. The molecule has 2 aromatic heterocycles. The normalized spacial score (nSPS) is 17.5. The summed E-state index contributed by atoms with van der Waals surface area (Å²) in [5, 5.41) is 11.6. The van der Waals surface area contributed by atoms with E-state index in [-0.39, 0.29) is 0 Å². The Morgan fingerprint density at radius 1 is 1.29 bits per heavy atom. The summed E-state index contributed by atoms with van der Waals surface area (Å²) in [5.41, 5.74) is 0.839. The molecule has 0 amide bonds. The van der Waals surface area contributed by atoms with Crippen LogP contribution in [-0.2, 0) is 7.05 Å². The minimum absolute atomic E-state index is 0.564. The molecule has 0 saturated heterocycles. The lowest BCUT2D eigenvalue weighted by Gasteiger charge is -2.18. The third-order valence-corrected chi connectivity index (χ3v) is 3.44. The zero-order chi connectivity index (χ0) is 11.7. The van der Waals surface area contributed by atoms with Crippen molar-refractivity contribution in [2.24, 2.45) is 7.05 Å². The van der Waals surface area contributed by atoms with Gasteiger partial charge >= 0.3 is 0 Å². The van der Waals surface area contributed by atoms with Gasteiger partial charge in [0.1, 0.15) is 11.5 Å². The van der Waals surface area contributed by atoms with Gasteiger partial charge in [0.2, 0.25) is 5.82 Å². The fraction of sp³-hybridized carbons (Fsp3) is 0.583. The van der Waals surface area contributed by atoms with Crippen molar-refractivity contribution in [3.63, 3.8) is 0 Å². The molecule has 1 N–H and O–H groups in total. The summed E-state index contributed by atoms with van der Waals surface area (Å²) in [6, 6.07) is 1.94. The van der Waals surface area contributed by atoms with Gasteiger partial charge in [0, 0.05) is 19.2 Å². The average Bonchev–Trinajstić information content (AvgIpc) is 2.98. The molecule has 1 aliphatic rings. The number of rotatable bonds is 2. The van der Waals surface area contributed by atoms with Gasteiger partial charge in [-0.1, -0.05) is 19.3 Å². The molecule has 0 bridgehead atoms. The second-order valence-electron chi connectivity index (χ2n) is 4.75. The third-order valence-electron chi connectivity index (χ3n) is 3.44. The van der Waals surface area contributed by atoms with Crippen LogP contribution in [0.4, 0.5) is 0 Å².